The van der Waals surface area contributed by atoms with Crippen molar-refractivity contribution in [3.05, 3.63) is 64.6 Å². The van der Waals surface area contributed by atoms with Gasteiger partial charge in [0, 0.05) is 6.07 Å². The fraction of sp³-hybridized carbons (Fsp3) is 0.111. The van der Waals surface area contributed by atoms with Crippen LogP contribution in [0.5, 0.6) is 5.75 Å². The van der Waals surface area contributed by atoms with Crippen molar-refractivity contribution in [2.45, 2.75) is 13.3 Å². The lowest BCUT2D eigenvalue weighted by atomic mass is 10.1. The Bertz CT molecular complexity index is 796. The first-order chi connectivity index (χ1) is 11.1. The number of aryl methyl sites for hydroxylation is 1. The monoisotopic (exact) mass is 325 g/mol. The van der Waals surface area contributed by atoms with E-state index in [1.54, 1.807) is 18.2 Å². The molecule has 1 fully saturated rings. The van der Waals surface area contributed by atoms with Crippen LogP contribution in [-0.4, -0.2) is 16.3 Å². The van der Waals surface area contributed by atoms with Gasteiger partial charge in [0.2, 0.25) is 0 Å². The summed E-state index contributed by atoms with van der Waals surface area (Å²) in [5.74, 6) is -0.356. The number of carbonyl (C=O) groups excluding carboxylic acids is 2. The summed E-state index contributed by atoms with van der Waals surface area (Å²) in [6, 6.07) is 14.0. The van der Waals surface area contributed by atoms with Crippen LogP contribution in [0.15, 0.2) is 53.4 Å². The number of benzene rings is 2. The van der Waals surface area contributed by atoms with Gasteiger partial charge in [-0.25, -0.2) is 4.90 Å². The van der Waals surface area contributed by atoms with E-state index >= 15 is 0 Å². The standard InChI is InChI=1S/C18H15NO3S/c1-2-12-6-8-13(9-7-12)10-16-17(21)19(18(22)23-16)14-4-3-5-15(20)11-14/h3-11,20H,2H2,1H3/b16-10-. The van der Waals surface area contributed by atoms with Crippen molar-refractivity contribution in [1.29, 1.82) is 0 Å². The minimum atomic E-state index is -0.370. The lowest BCUT2D eigenvalue weighted by Gasteiger charge is -2.12. The second-order valence-corrected chi connectivity index (χ2v) is 6.13. The molecule has 0 aliphatic carbocycles. The van der Waals surface area contributed by atoms with E-state index in [9.17, 15) is 14.7 Å². The van der Waals surface area contributed by atoms with Crippen LogP contribution in [0.25, 0.3) is 6.08 Å². The zero-order valence-corrected chi connectivity index (χ0v) is 13.3. The number of rotatable bonds is 3. The van der Waals surface area contributed by atoms with Gasteiger partial charge in [-0.2, -0.15) is 0 Å². The summed E-state index contributed by atoms with van der Waals surface area (Å²) in [7, 11) is 0. The quantitative estimate of drug-likeness (QED) is 0.860. The maximum Gasteiger partial charge on any atom is 0.298 e. The Morgan fingerprint density at radius 1 is 1.13 bits per heavy atom. The number of anilines is 1. The van der Waals surface area contributed by atoms with E-state index < -0.39 is 0 Å². The molecule has 0 radical (unpaired) electrons. The van der Waals surface area contributed by atoms with E-state index in [1.807, 2.05) is 24.3 Å². The minimum Gasteiger partial charge on any atom is -0.508 e. The molecular weight excluding hydrogens is 310 g/mol. The molecule has 3 rings (SSSR count). The van der Waals surface area contributed by atoms with Crippen molar-refractivity contribution in [1.82, 2.24) is 0 Å². The Morgan fingerprint density at radius 2 is 1.87 bits per heavy atom. The average Bonchev–Trinajstić information content (AvgIpc) is 2.82. The highest BCUT2D eigenvalue weighted by Gasteiger charge is 2.36. The fourth-order valence-electron chi connectivity index (χ4n) is 2.32. The van der Waals surface area contributed by atoms with Gasteiger partial charge < -0.3 is 5.11 Å². The van der Waals surface area contributed by atoms with E-state index in [-0.39, 0.29) is 16.9 Å². The SMILES string of the molecule is CCc1ccc(/C=C2\SC(=O)N(c3cccc(O)c3)C2=O)cc1. The lowest BCUT2D eigenvalue weighted by Crippen LogP contribution is -2.27. The van der Waals surface area contributed by atoms with Crippen LogP contribution in [0.3, 0.4) is 0 Å². The maximum atomic E-state index is 12.5. The summed E-state index contributed by atoms with van der Waals surface area (Å²) in [4.78, 5) is 26.1. The second kappa shape index (κ2) is 6.30. The van der Waals surface area contributed by atoms with Crippen molar-refractivity contribution in [2.75, 3.05) is 4.90 Å². The van der Waals surface area contributed by atoms with Crippen LogP contribution in [0.1, 0.15) is 18.1 Å². The van der Waals surface area contributed by atoms with Crippen molar-refractivity contribution in [3.8, 4) is 5.75 Å². The predicted octanol–water partition coefficient (Wildman–Crippen LogP) is 4.20. The molecule has 1 heterocycles. The third kappa shape index (κ3) is 3.14. The number of nitrogens with zero attached hydrogens (tertiary/aromatic N) is 1. The van der Waals surface area contributed by atoms with Gasteiger partial charge in [0.25, 0.3) is 11.1 Å². The van der Waals surface area contributed by atoms with E-state index in [0.717, 1.165) is 28.6 Å². The van der Waals surface area contributed by atoms with Crippen LogP contribution in [-0.2, 0) is 11.2 Å². The molecule has 0 atom stereocenters. The van der Waals surface area contributed by atoms with Crippen LogP contribution >= 0.6 is 11.8 Å². The number of amides is 2. The first-order valence-corrected chi connectivity index (χ1v) is 8.06. The molecule has 4 nitrogen and oxygen atoms in total. The molecule has 2 aromatic rings. The largest absolute Gasteiger partial charge is 0.508 e. The van der Waals surface area contributed by atoms with Gasteiger partial charge in [-0.3, -0.25) is 9.59 Å². The molecule has 1 aliphatic rings. The van der Waals surface area contributed by atoms with Gasteiger partial charge in [0.05, 0.1) is 10.6 Å². The number of hydrogen-bond donors (Lipinski definition) is 1. The molecule has 1 aliphatic heterocycles. The lowest BCUT2D eigenvalue weighted by molar-refractivity contribution is -0.113. The first kappa shape index (κ1) is 15.4. The van der Waals surface area contributed by atoms with E-state index in [1.165, 1.54) is 17.7 Å². The molecule has 0 aromatic heterocycles. The van der Waals surface area contributed by atoms with Gasteiger partial charge in [-0.05, 0) is 47.5 Å². The maximum absolute atomic E-state index is 12.5. The van der Waals surface area contributed by atoms with Crippen LogP contribution in [0.4, 0.5) is 10.5 Å². The normalized spacial score (nSPS) is 16.4. The van der Waals surface area contributed by atoms with E-state index in [2.05, 4.69) is 6.92 Å². The molecule has 116 valence electrons. The summed E-state index contributed by atoms with van der Waals surface area (Å²) in [6.07, 6.45) is 2.67. The summed E-state index contributed by atoms with van der Waals surface area (Å²) >= 11 is 0.904. The molecule has 0 unspecified atom stereocenters. The number of aromatic hydroxyl groups is 1. The Kier molecular flexibility index (Phi) is 4.21. The highest BCUT2D eigenvalue weighted by molar-refractivity contribution is 8.19. The molecule has 5 heteroatoms. The van der Waals surface area contributed by atoms with Gasteiger partial charge >= 0.3 is 0 Å². The van der Waals surface area contributed by atoms with E-state index in [4.69, 9.17) is 0 Å². The molecule has 23 heavy (non-hydrogen) atoms. The zero-order valence-electron chi connectivity index (χ0n) is 12.5. The Hall–Kier alpha value is -2.53. The van der Waals surface area contributed by atoms with Gasteiger partial charge in [-0.15, -0.1) is 0 Å². The third-order valence-corrected chi connectivity index (χ3v) is 4.44. The molecule has 0 spiro atoms. The van der Waals surface area contributed by atoms with Crippen molar-refractivity contribution >= 4 is 34.7 Å². The third-order valence-electron chi connectivity index (χ3n) is 3.57. The number of thioether (sulfide) groups is 1. The summed E-state index contributed by atoms with van der Waals surface area (Å²) < 4.78 is 0. The number of phenols is 1. The molecule has 1 saturated heterocycles. The topological polar surface area (TPSA) is 57.6 Å². The molecule has 2 aromatic carbocycles. The minimum absolute atomic E-state index is 0.0145. The van der Waals surface area contributed by atoms with Gasteiger partial charge in [0.1, 0.15) is 5.75 Å². The van der Waals surface area contributed by atoms with Crippen molar-refractivity contribution in [3.63, 3.8) is 0 Å². The molecule has 0 saturated carbocycles. The van der Waals surface area contributed by atoms with Crippen LogP contribution < -0.4 is 4.90 Å². The molecule has 1 N–H and O–H groups in total. The Morgan fingerprint density at radius 3 is 2.52 bits per heavy atom. The summed E-state index contributed by atoms with van der Waals surface area (Å²) in [5.41, 5.74) is 2.47. The van der Waals surface area contributed by atoms with Crippen molar-refractivity contribution in [2.24, 2.45) is 0 Å². The fourth-order valence-corrected chi connectivity index (χ4v) is 3.16. The second-order valence-electron chi connectivity index (χ2n) is 5.13. The highest BCUT2D eigenvalue weighted by atomic mass is 32.2. The first-order valence-electron chi connectivity index (χ1n) is 7.24. The van der Waals surface area contributed by atoms with Gasteiger partial charge in [-0.1, -0.05) is 37.3 Å². The molecule has 0 bridgehead atoms. The number of imide groups is 1. The zero-order chi connectivity index (χ0) is 16.4. The Labute approximate surface area is 138 Å². The predicted molar refractivity (Wildman–Crippen MR) is 92.4 cm³/mol. The average molecular weight is 325 g/mol. The number of phenolic OH excluding ortho intramolecular Hbond substituents is 1. The summed E-state index contributed by atoms with van der Waals surface area (Å²) in [5, 5.41) is 9.16. The molecular formula is C18H15NO3S. The Balaban J connectivity index is 1.89. The number of carbonyl (C=O) groups is 2. The number of hydrogen-bond acceptors (Lipinski definition) is 4. The van der Waals surface area contributed by atoms with Crippen molar-refractivity contribution < 1.29 is 14.7 Å². The smallest absolute Gasteiger partial charge is 0.298 e. The highest BCUT2D eigenvalue weighted by Crippen LogP contribution is 2.36. The van der Waals surface area contributed by atoms with Gasteiger partial charge in [0.15, 0.2) is 0 Å². The van der Waals surface area contributed by atoms with Crippen LogP contribution in [0.2, 0.25) is 0 Å². The van der Waals surface area contributed by atoms with Crippen LogP contribution in [0, 0.1) is 0 Å². The van der Waals surface area contributed by atoms with E-state index in [0.29, 0.717) is 10.6 Å². The molecule has 2 amide bonds. The summed E-state index contributed by atoms with van der Waals surface area (Å²) in [6.45, 7) is 2.08.